The molecule has 0 aliphatic rings. The maximum atomic E-state index is 8.81. The van der Waals surface area contributed by atoms with Crippen LogP contribution in [0.25, 0.3) is 4.85 Å². The quantitative estimate of drug-likeness (QED) is 0.249. The standard InChI is InChI=1S/C8H7NO.C8H7N.C3H8.C2H3N.C2H6.CH3NO2.2CH4/c1-10-8-5-3-2-4-7(8)6-9;1-7-4-2-3-5-8(7)6-9;2*1-3-2;1-2;1-2(3)4;;/h2-5H,1H3;2-5H,1H3;3H2,1-2H3;1H3;1-2H3;1H3;2*1H4. The van der Waals surface area contributed by atoms with E-state index in [9.17, 15) is 0 Å². The zero-order chi connectivity index (χ0) is 25.1. The fourth-order valence-corrected chi connectivity index (χ4v) is 1.44. The Hall–Kier alpha value is -3.89. The lowest BCUT2D eigenvalue weighted by atomic mass is 10.1. The van der Waals surface area contributed by atoms with E-state index < -0.39 is 4.92 Å². The third kappa shape index (κ3) is 33.0. The zero-order valence-corrected chi connectivity index (χ0v) is 19.8. The van der Waals surface area contributed by atoms with Crippen LogP contribution < -0.4 is 4.74 Å². The molecular weight excluding hydrogens is 416 g/mol. The topological polar surface area (TPSA) is 104 Å². The average Bonchev–Trinajstić information content (AvgIpc) is 2.76. The number of methoxy groups -OCH3 is 1. The van der Waals surface area contributed by atoms with Gasteiger partial charge in [-0.3, -0.25) is 10.1 Å². The van der Waals surface area contributed by atoms with E-state index in [-0.39, 0.29) is 14.9 Å². The summed E-state index contributed by atoms with van der Waals surface area (Å²) in [5.74, 6) is 0.630. The van der Waals surface area contributed by atoms with Crippen molar-refractivity contribution in [2.45, 2.75) is 55.9 Å². The van der Waals surface area contributed by atoms with Crippen molar-refractivity contribution in [3.63, 3.8) is 0 Å². The van der Waals surface area contributed by atoms with E-state index in [2.05, 4.69) is 24.8 Å². The van der Waals surface area contributed by atoms with E-state index in [1.54, 1.807) is 25.3 Å². The SMILES string of the molecule is C.C.CC.CCC.COc1ccccc1C#N.C[N+](=O)[O-].Cc1ccccc1C#N.[C-]#[N+]C. The second kappa shape index (κ2) is 35.5. The molecule has 7 heteroatoms. The Kier molecular flexibility index (Phi) is 46.4. The van der Waals surface area contributed by atoms with Crippen LogP contribution in [0.5, 0.6) is 5.75 Å². The molecule has 0 bridgehead atoms. The minimum absolute atomic E-state index is 0. The van der Waals surface area contributed by atoms with Crippen molar-refractivity contribution in [1.29, 1.82) is 10.5 Å². The molecule has 0 radical (unpaired) electrons. The number of nitrogens with zero attached hydrogens (tertiary/aromatic N) is 4. The third-order valence-corrected chi connectivity index (χ3v) is 2.49. The highest BCUT2D eigenvalue weighted by Crippen LogP contribution is 2.14. The highest BCUT2D eigenvalue weighted by molar-refractivity contribution is 5.42. The summed E-state index contributed by atoms with van der Waals surface area (Å²) in [6.07, 6.45) is 1.25. The van der Waals surface area contributed by atoms with Crippen LogP contribution in [0.15, 0.2) is 48.5 Å². The van der Waals surface area contributed by atoms with E-state index in [4.69, 9.17) is 31.9 Å². The van der Waals surface area contributed by atoms with Crippen molar-refractivity contribution in [1.82, 2.24) is 0 Å². The Morgan fingerprint density at radius 3 is 1.55 bits per heavy atom. The average molecular weight is 459 g/mol. The van der Waals surface area contributed by atoms with Gasteiger partial charge in [-0.2, -0.15) is 10.5 Å². The summed E-state index contributed by atoms with van der Waals surface area (Å²) in [4.78, 5) is 11.1. The number of hydrogen-bond acceptors (Lipinski definition) is 5. The van der Waals surface area contributed by atoms with Crippen molar-refractivity contribution in [3.8, 4) is 17.9 Å². The molecule has 2 aromatic rings. The molecule has 0 aromatic heterocycles. The summed E-state index contributed by atoms with van der Waals surface area (Å²) in [5.41, 5.74) is 2.38. The molecule has 0 spiro atoms. The summed E-state index contributed by atoms with van der Waals surface area (Å²) in [6, 6.07) is 18.8. The first kappa shape index (κ1) is 43.1. The number of rotatable bonds is 1. The lowest BCUT2D eigenvalue weighted by Gasteiger charge is -1.98. The van der Waals surface area contributed by atoms with Gasteiger partial charge in [-0.05, 0) is 30.7 Å². The van der Waals surface area contributed by atoms with Gasteiger partial charge in [0.15, 0.2) is 7.05 Å². The smallest absolute Gasteiger partial charge is 0.205 e. The molecule has 2 aromatic carbocycles. The molecular formula is C26H42N4O3. The second-order valence-corrected chi connectivity index (χ2v) is 5.11. The highest BCUT2D eigenvalue weighted by Gasteiger charge is 1.96. The summed E-state index contributed by atoms with van der Waals surface area (Å²) in [5, 5.41) is 25.8. The normalized spacial score (nSPS) is 6.58. The molecule has 184 valence electrons. The largest absolute Gasteiger partial charge is 0.495 e. The van der Waals surface area contributed by atoms with Crippen LogP contribution in [0.2, 0.25) is 0 Å². The molecule has 33 heavy (non-hydrogen) atoms. The van der Waals surface area contributed by atoms with E-state index in [0.717, 1.165) is 18.2 Å². The molecule has 2 rings (SSSR count). The van der Waals surface area contributed by atoms with Crippen molar-refractivity contribution < 1.29 is 9.66 Å². The maximum Gasteiger partial charge on any atom is 0.205 e. The van der Waals surface area contributed by atoms with Crippen LogP contribution in [0.3, 0.4) is 0 Å². The number of ether oxygens (including phenoxy) is 1. The molecule has 0 saturated carbocycles. The van der Waals surface area contributed by atoms with Gasteiger partial charge in [-0.25, -0.2) is 6.57 Å². The van der Waals surface area contributed by atoms with Crippen molar-refractivity contribution in [2.75, 3.05) is 21.2 Å². The van der Waals surface area contributed by atoms with Crippen LogP contribution in [0.1, 0.15) is 65.7 Å². The van der Waals surface area contributed by atoms with Gasteiger partial charge in [0.05, 0.1) is 24.3 Å². The molecule has 0 fully saturated rings. The lowest BCUT2D eigenvalue weighted by molar-refractivity contribution is -0.445. The molecule has 7 nitrogen and oxygen atoms in total. The van der Waals surface area contributed by atoms with Gasteiger partial charge in [0.1, 0.15) is 11.8 Å². The number of benzene rings is 2. The van der Waals surface area contributed by atoms with Gasteiger partial charge in [-0.15, -0.1) is 0 Å². The number of para-hydroxylation sites is 1. The van der Waals surface area contributed by atoms with Crippen LogP contribution in [0, 0.1) is 46.3 Å². The molecule has 0 amide bonds. The van der Waals surface area contributed by atoms with Gasteiger partial charge in [0, 0.05) is 4.92 Å². The van der Waals surface area contributed by atoms with Gasteiger partial charge < -0.3 is 9.58 Å². The van der Waals surface area contributed by atoms with Crippen LogP contribution in [0.4, 0.5) is 0 Å². The Balaban J connectivity index is -0.0000000728. The van der Waals surface area contributed by atoms with Crippen LogP contribution in [-0.2, 0) is 0 Å². The predicted octanol–water partition coefficient (Wildman–Crippen LogP) is 7.58. The van der Waals surface area contributed by atoms with Crippen molar-refractivity contribution in [2.24, 2.45) is 0 Å². The first-order valence-electron chi connectivity index (χ1n) is 9.61. The Labute approximate surface area is 202 Å². The van der Waals surface area contributed by atoms with E-state index in [1.807, 2.05) is 57.2 Å². The van der Waals surface area contributed by atoms with Crippen LogP contribution >= 0.6 is 0 Å². The molecule has 0 saturated heterocycles. The Morgan fingerprint density at radius 2 is 1.30 bits per heavy atom. The van der Waals surface area contributed by atoms with E-state index >= 15 is 0 Å². The van der Waals surface area contributed by atoms with Gasteiger partial charge >= 0.3 is 0 Å². The molecule has 0 unspecified atom stereocenters. The zero-order valence-electron chi connectivity index (χ0n) is 19.8. The van der Waals surface area contributed by atoms with Crippen molar-refractivity contribution >= 4 is 0 Å². The fraction of sp³-hybridized carbons (Fsp3) is 0.423. The molecule has 0 heterocycles. The summed E-state index contributed by atoms with van der Waals surface area (Å²) < 4.78 is 4.91. The number of nitro groups is 1. The molecule has 0 N–H and O–H groups in total. The summed E-state index contributed by atoms with van der Waals surface area (Å²) in [7, 11) is 3.86. The van der Waals surface area contributed by atoms with Gasteiger partial charge in [0.2, 0.25) is 7.05 Å². The second-order valence-electron chi connectivity index (χ2n) is 5.11. The minimum atomic E-state index is -0.500. The first-order valence-corrected chi connectivity index (χ1v) is 9.61. The van der Waals surface area contributed by atoms with Crippen molar-refractivity contribution in [3.05, 3.63) is 86.8 Å². The number of hydrogen-bond donors (Lipinski definition) is 0. The van der Waals surface area contributed by atoms with Gasteiger partial charge in [-0.1, -0.05) is 79.3 Å². The fourth-order valence-electron chi connectivity index (χ4n) is 1.44. The van der Waals surface area contributed by atoms with Gasteiger partial charge in [0.25, 0.3) is 0 Å². The maximum absolute atomic E-state index is 8.81. The Morgan fingerprint density at radius 1 is 1.00 bits per heavy atom. The highest BCUT2D eigenvalue weighted by atomic mass is 16.6. The van der Waals surface area contributed by atoms with E-state index in [0.29, 0.717) is 11.3 Å². The first-order chi connectivity index (χ1) is 14.8. The Bertz CT molecular complexity index is 813. The summed E-state index contributed by atoms with van der Waals surface area (Å²) >= 11 is 0. The number of aryl methyl sites for hydroxylation is 1. The lowest BCUT2D eigenvalue weighted by Crippen LogP contribution is -1.85. The number of nitriles is 2. The summed E-state index contributed by atoms with van der Waals surface area (Å²) in [6.45, 7) is 16.0. The minimum Gasteiger partial charge on any atom is -0.495 e. The predicted molar refractivity (Wildman–Crippen MR) is 140 cm³/mol. The van der Waals surface area contributed by atoms with E-state index in [1.165, 1.54) is 13.5 Å². The van der Waals surface area contributed by atoms with Crippen LogP contribution in [-0.4, -0.2) is 26.1 Å². The molecule has 0 atom stereocenters. The molecule has 0 aliphatic carbocycles. The molecule has 0 aliphatic heterocycles. The monoisotopic (exact) mass is 458 g/mol. The third-order valence-electron chi connectivity index (χ3n) is 2.49.